The Bertz CT molecular complexity index is 1160. The molecule has 3 rings (SSSR count). The number of aromatic nitrogens is 1. The quantitative estimate of drug-likeness (QED) is 0.114. The number of hydrogen-bond acceptors (Lipinski definition) is 4. The van der Waals surface area contributed by atoms with E-state index in [1.165, 1.54) is 96.0 Å². The topological polar surface area (TPSA) is 60.7 Å². The van der Waals surface area contributed by atoms with Crippen LogP contribution in [0.4, 0.5) is 0 Å². The van der Waals surface area contributed by atoms with Crippen LogP contribution in [0.25, 0.3) is 5.69 Å². The molecular weight excluding hydrogens is 522 g/mol. The fraction of sp³-hybridized carbons (Fsp3) is 0.541. The van der Waals surface area contributed by atoms with Crippen LogP contribution in [0.3, 0.4) is 0 Å². The first-order chi connectivity index (χ1) is 20.7. The summed E-state index contributed by atoms with van der Waals surface area (Å²) in [7, 11) is 0. The molecule has 1 N–H and O–H groups in total. The van der Waals surface area contributed by atoms with Crippen LogP contribution in [0.2, 0.25) is 0 Å². The van der Waals surface area contributed by atoms with Gasteiger partial charge in [0.05, 0.1) is 25.1 Å². The van der Waals surface area contributed by atoms with Gasteiger partial charge in [-0.15, -0.1) is 0 Å². The van der Waals surface area contributed by atoms with Gasteiger partial charge in [-0.2, -0.15) is 0 Å². The van der Waals surface area contributed by atoms with Crippen LogP contribution in [-0.2, 0) is 13.2 Å². The van der Waals surface area contributed by atoms with E-state index in [1.807, 2.05) is 59.2 Å². The normalized spacial score (nSPS) is 11.1. The number of aliphatic hydroxyl groups excluding tert-OH is 1. The van der Waals surface area contributed by atoms with Gasteiger partial charge >= 0.3 is 0 Å². The highest BCUT2D eigenvalue weighted by molar-refractivity contribution is 5.41. The molecule has 0 aliphatic carbocycles. The Balaban J connectivity index is 1.31. The minimum Gasteiger partial charge on any atom is -0.489 e. The molecule has 5 nitrogen and oxygen atoms in total. The molecule has 1 heterocycles. The van der Waals surface area contributed by atoms with Crippen LogP contribution < -0.4 is 14.9 Å². The lowest BCUT2D eigenvalue weighted by Crippen LogP contribution is -2.15. The van der Waals surface area contributed by atoms with E-state index >= 15 is 0 Å². The van der Waals surface area contributed by atoms with E-state index in [9.17, 15) is 9.90 Å². The molecule has 0 aliphatic rings. The Kier molecular flexibility index (Phi) is 16.5. The number of pyridine rings is 1. The van der Waals surface area contributed by atoms with E-state index < -0.39 is 0 Å². The molecule has 0 fully saturated rings. The monoisotopic (exact) mass is 575 g/mol. The number of unbranched alkanes of at least 4 members (excludes halogenated alkanes) is 15. The van der Waals surface area contributed by atoms with Crippen LogP contribution in [0.1, 0.15) is 121 Å². The second kappa shape index (κ2) is 20.8. The van der Waals surface area contributed by atoms with Gasteiger partial charge in [0, 0.05) is 11.8 Å². The molecule has 0 aliphatic heterocycles. The fourth-order valence-corrected chi connectivity index (χ4v) is 5.30. The second-order valence-electron chi connectivity index (χ2n) is 11.4. The minimum atomic E-state index is -0.235. The van der Waals surface area contributed by atoms with Gasteiger partial charge < -0.3 is 19.1 Å². The summed E-state index contributed by atoms with van der Waals surface area (Å²) in [6.45, 7) is 3.07. The molecule has 3 aromatic rings. The van der Waals surface area contributed by atoms with Crippen LogP contribution in [0.15, 0.2) is 71.7 Å². The van der Waals surface area contributed by atoms with Gasteiger partial charge in [0.1, 0.15) is 12.4 Å². The van der Waals surface area contributed by atoms with Gasteiger partial charge in [0.2, 0.25) is 5.43 Å². The van der Waals surface area contributed by atoms with Gasteiger partial charge in [-0.3, -0.25) is 4.79 Å². The van der Waals surface area contributed by atoms with Gasteiger partial charge in [-0.25, -0.2) is 0 Å². The lowest BCUT2D eigenvalue weighted by molar-refractivity contribution is 0.271. The van der Waals surface area contributed by atoms with Crippen LogP contribution in [-0.4, -0.2) is 16.3 Å². The predicted molar refractivity (Wildman–Crippen MR) is 174 cm³/mol. The molecule has 0 saturated carbocycles. The average molecular weight is 576 g/mol. The second-order valence-corrected chi connectivity index (χ2v) is 11.4. The molecule has 0 bridgehead atoms. The third kappa shape index (κ3) is 12.9. The largest absolute Gasteiger partial charge is 0.489 e. The summed E-state index contributed by atoms with van der Waals surface area (Å²) in [6.07, 6.45) is 22.9. The highest BCUT2D eigenvalue weighted by Crippen LogP contribution is 2.20. The molecule has 2 aromatic carbocycles. The lowest BCUT2D eigenvalue weighted by atomic mass is 10.0. The SMILES string of the molecule is CCCCCCCCCCCCCCCCCCOc1cn(-c2ccc(OCc3ccccc3)cc2)c(CO)cc1=O. The van der Waals surface area contributed by atoms with Crippen molar-refractivity contribution in [1.29, 1.82) is 0 Å². The Morgan fingerprint density at radius 3 is 1.76 bits per heavy atom. The molecular formula is C37H53NO4. The van der Waals surface area contributed by atoms with Crippen LogP contribution in [0, 0.1) is 0 Å². The standard InChI is InChI=1S/C37H53NO4/c1-2-3-4-5-6-7-8-9-10-11-12-13-14-15-16-20-27-41-37-29-38(34(30-39)28-36(37)40)33-23-25-35(26-24-33)42-31-32-21-18-17-19-22-32/h17-19,21-26,28-29,39H,2-16,20,27,30-31H2,1H3. The first-order valence-corrected chi connectivity index (χ1v) is 16.5. The van der Waals surface area contributed by atoms with Crippen molar-refractivity contribution in [2.45, 2.75) is 123 Å². The van der Waals surface area contributed by atoms with Crippen molar-refractivity contribution in [1.82, 2.24) is 4.57 Å². The van der Waals surface area contributed by atoms with Crippen molar-refractivity contribution in [2.24, 2.45) is 0 Å². The van der Waals surface area contributed by atoms with Gasteiger partial charge in [0.15, 0.2) is 5.75 Å². The number of benzene rings is 2. The zero-order valence-electron chi connectivity index (χ0n) is 25.9. The van der Waals surface area contributed by atoms with Crippen LogP contribution >= 0.6 is 0 Å². The number of ether oxygens (including phenoxy) is 2. The summed E-state index contributed by atoms with van der Waals surface area (Å²) in [4.78, 5) is 12.6. The number of rotatable bonds is 23. The number of aliphatic hydroxyl groups is 1. The third-order valence-corrected chi connectivity index (χ3v) is 7.88. The Hall–Kier alpha value is -3.05. The highest BCUT2D eigenvalue weighted by atomic mass is 16.5. The summed E-state index contributed by atoms with van der Waals surface area (Å²) in [6, 6.07) is 19.1. The van der Waals surface area contributed by atoms with Crippen molar-refractivity contribution in [2.75, 3.05) is 6.61 Å². The summed E-state index contributed by atoms with van der Waals surface area (Å²) >= 11 is 0. The van der Waals surface area contributed by atoms with Crippen molar-refractivity contribution in [3.05, 3.63) is 88.3 Å². The van der Waals surface area contributed by atoms with Crippen molar-refractivity contribution in [3.8, 4) is 17.2 Å². The molecule has 0 radical (unpaired) electrons. The van der Waals surface area contributed by atoms with Gasteiger partial charge in [-0.05, 0) is 36.2 Å². The minimum absolute atomic E-state index is 0.199. The molecule has 1 aromatic heterocycles. The van der Waals surface area contributed by atoms with E-state index in [0.29, 0.717) is 24.7 Å². The molecule has 0 spiro atoms. The average Bonchev–Trinajstić information content (AvgIpc) is 3.02. The zero-order chi connectivity index (χ0) is 29.7. The first-order valence-electron chi connectivity index (χ1n) is 16.5. The summed E-state index contributed by atoms with van der Waals surface area (Å²) < 4.78 is 13.6. The van der Waals surface area contributed by atoms with Crippen molar-refractivity contribution < 1.29 is 14.6 Å². The van der Waals surface area contributed by atoms with E-state index in [1.54, 1.807) is 6.20 Å². The maximum absolute atomic E-state index is 12.6. The van der Waals surface area contributed by atoms with E-state index in [4.69, 9.17) is 9.47 Å². The third-order valence-electron chi connectivity index (χ3n) is 7.88. The maximum atomic E-state index is 12.6. The Morgan fingerprint density at radius 2 is 1.21 bits per heavy atom. The predicted octanol–water partition coefficient (Wildman–Crippen LogP) is 9.55. The van der Waals surface area contributed by atoms with Gasteiger partial charge in [-0.1, -0.05) is 134 Å². The fourth-order valence-electron chi connectivity index (χ4n) is 5.30. The molecule has 0 saturated heterocycles. The zero-order valence-corrected chi connectivity index (χ0v) is 25.9. The first kappa shape index (κ1) is 33.5. The van der Waals surface area contributed by atoms with E-state index in [2.05, 4.69) is 6.92 Å². The Labute approximate surface area is 253 Å². The molecule has 0 amide bonds. The summed E-state index contributed by atoms with van der Waals surface area (Å²) in [5.41, 5.74) is 2.26. The molecule has 230 valence electrons. The van der Waals surface area contributed by atoms with Crippen LogP contribution in [0.5, 0.6) is 11.5 Å². The molecule has 42 heavy (non-hydrogen) atoms. The summed E-state index contributed by atoms with van der Waals surface area (Å²) in [5.74, 6) is 1.08. The molecule has 0 atom stereocenters. The van der Waals surface area contributed by atoms with Gasteiger partial charge in [0.25, 0.3) is 0 Å². The van der Waals surface area contributed by atoms with Crippen molar-refractivity contribution >= 4 is 0 Å². The Morgan fingerprint density at radius 1 is 0.667 bits per heavy atom. The number of nitrogens with zero attached hydrogens (tertiary/aromatic N) is 1. The molecule has 0 unspecified atom stereocenters. The maximum Gasteiger partial charge on any atom is 0.223 e. The van der Waals surface area contributed by atoms with E-state index in [0.717, 1.165) is 29.8 Å². The van der Waals surface area contributed by atoms with E-state index in [-0.39, 0.29) is 12.0 Å². The lowest BCUT2D eigenvalue weighted by Gasteiger charge is -2.15. The summed E-state index contributed by atoms with van der Waals surface area (Å²) in [5, 5.41) is 9.87. The highest BCUT2D eigenvalue weighted by Gasteiger charge is 2.10. The smallest absolute Gasteiger partial charge is 0.223 e. The number of hydrogen-bond donors (Lipinski definition) is 1. The van der Waals surface area contributed by atoms with Crippen molar-refractivity contribution in [3.63, 3.8) is 0 Å². The molecule has 5 heteroatoms.